The molecule has 0 spiro atoms. The highest BCUT2D eigenvalue weighted by molar-refractivity contribution is 5.51. The molecule has 1 aliphatic rings. The van der Waals surface area contributed by atoms with Crippen molar-refractivity contribution in [1.29, 1.82) is 0 Å². The van der Waals surface area contributed by atoms with Gasteiger partial charge in [-0.3, -0.25) is 0 Å². The van der Waals surface area contributed by atoms with E-state index in [-0.39, 0.29) is 6.79 Å². The monoisotopic (exact) mass is 267 g/mol. The molecule has 1 aromatic rings. The Kier molecular flexibility index (Phi) is 5.30. The number of ether oxygens (including phenoxy) is 4. The van der Waals surface area contributed by atoms with Crippen LogP contribution in [0.5, 0.6) is 17.2 Å². The Balaban J connectivity index is 2.05. The standard InChI is InChI=1S/C14H21NO4/c1-3-15-9-11-7-13-14(19-10-18-13)8-12(11)17-6-4-5-16-2/h7-8,15H,3-6,9-10H2,1-2H3. The van der Waals surface area contributed by atoms with Crippen LogP contribution < -0.4 is 19.5 Å². The van der Waals surface area contributed by atoms with Crippen LogP contribution in [0.2, 0.25) is 0 Å². The van der Waals surface area contributed by atoms with E-state index in [0.29, 0.717) is 13.2 Å². The summed E-state index contributed by atoms with van der Waals surface area (Å²) < 4.78 is 21.6. The van der Waals surface area contributed by atoms with E-state index in [4.69, 9.17) is 18.9 Å². The number of benzene rings is 1. The molecule has 1 aromatic carbocycles. The van der Waals surface area contributed by atoms with Gasteiger partial charge < -0.3 is 24.3 Å². The SMILES string of the molecule is CCNCc1cc2c(cc1OCCCOC)OCO2. The van der Waals surface area contributed by atoms with Crippen molar-refractivity contribution in [3.05, 3.63) is 17.7 Å². The normalized spacial score (nSPS) is 12.7. The van der Waals surface area contributed by atoms with Gasteiger partial charge in [0.15, 0.2) is 11.5 Å². The number of fused-ring (bicyclic) bond motifs is 1. The molecule has 0 bridgehead atoms. The molecule has 1 N–H and O–H groups in total. The van der Waals surface area contributed by atoms with Gasteiger partial charge in [-0.2, -0.15) is 0 Å². The lowest BCUT2D eigenvalue weighted by Gasteiger charge is -2.13. The second-order valence-electron chi connectivity index (χ2n) is 4.29. The molecule has 2 rings (SSSR count). The Morgan fingerprint density at radius 2 is 2.00 bits per heavy atom. The van der Waals surface area contributed by atoms with Gasteiger partial charge in [0.25, 0.3) is 0 Å². The van der Waals surface area contributed by atoms with Crippen LogP contribution in [0.4, 0.5) is 0 Å². The minimum Gasteiger partial charge on any atom is -0.493 e. The molecular weight excluding hydrogens is 246 g/mol. The van der Waals surface area contributed by atoms with Crippen molar-refractivity contribution >= 4 is 0 Å². The van der Waals surface area contributed by atoms with Crippen molar-refractivity contribution in [2.45, 2.75) is 19.9 Å². The van der Waals surface area contributed by atoms with Gasteiger partial charge in [0.1, 0.15) is 5.75 Å². The second kappa shape index (κ2) is 7.21. The lowest BCUT2D eigenvalue weighted by atomic mass is 10.1. The van der Waals surface area contributed by atoms with Gasteiger partial charge in [0.2, 0.25) is 6.79 Å². The van der Waals surface area contributed by atoms with Gasteiger partial charge in [-0.15, -0.1) is 0 Å². The topological polar surface area (TPSA) is 49.0 Å². The summed E-state index contributed by atoms with van der Waals surface area (Å²) in [7, 11) is 1.69. The van der Waals surface area contributed by atoms with E-state index >= 15 is 0 Å². The smallest absolute Gasteiger partial charge is 0.231 e. The van der Waals surface area contributed by atoms with Gasteiger partial charge in [0.05, 0.1) is 6.61 Å². The predicted octanol–water partition coefficient (Wildman–Crippen LogP) is 1.94. The highest BCUT2D eigenvalue weighted by Crippen LogP contribution is 2.38. The van der Waals surface area contributed by atoms with E-state index in [2.05, 4.69) is 12.2 Å². The summed E-state index contributed by atoms with van der Waals surface area (Å²) >= 11 is 0. The molecule has 5 heteroatoms. The van der Waals surface area contributed by atoms with Crippen LogP contribution in [0.1, 0.15) is 18.9 Å². The fourth-order valence-electron chi connectivity index (χ4n) is 1.88. The van der Waals surface area contributed by atoms with Crippen LogP contribution in [0.3, 0.4) is 0 Å². The third-order valence-electron chi connectivity index (χ3n) is 2.87. The molecule has 0 fully saturated rings. The molecule has 0 radical (unpaired) electrons. The number of methoxy groups -OCH3 is 1. The molecule has 0 amide bonds. The van der Waals surface area contributed by atoms with E-state index in [1.807, 2.05) is 12.1 Å². The minimum atomic E-state index is 0.281. The molecule has 106 valence electrons. The fraction of sp³-hybridized carbons (Fsp3) is 0.571. The van der Waals surface area contributed by atoms with E-state index in [0.717, 1.165) is 42.3 Å². The highest BCUT2D eigenvalue weighted by Gasteiger charge is 2.17. The zero-order chi connectivity index (χ0) is 13.5. The van der Waals surface area contributed by atoms with Gasteiger partial charge >= 0.3 is 0 Å². The predicted molar refractivity (Wildman–Crippen MR) is 71.9 cm³/mol. The van der Waals surface area contributed by atoms with E-state index in [9.17, 15) is 0 Å². The first-order chi connectivity index (χ1) is 9.35. The maximum Gasteiger partial charge on any atom is 0.231 e. The molecule has 0 aromatic heterocycles. The van der Waals surface area contributed by atoms with E-state index < -0.39 is 0 Å². The van der Waals surface area contributed by atoms with Gasteiger partial charge in [-0.25, -0.2) is 0 Å². The quantitative estimate of drug-likeness (QED) is 0.729. The van der Waals surface area contributed by atoms with Gasteiger partial charge in [-0.1, -0.05) is 6.92 Å². The van der Waals surface area contributed by atoms with Crippen molar-refractivity contribution in [2.24, 2.45) is 0 Å². The lowest BCUT2D eigenvalue weighted by molar-refractivity contribution is 0.170. The van der Waals surface area contributed by atoms with E-state index in [1.165, 1.54) is 0 Å². The fourth-order valence-corrected chi connectivity index (χ4v) is 1.88. The van der Waals surface area contributed by atoms with Crippen LogP contribution in [0, 0.1) is 0 Å². The van der Waals surface area contributed by atoms with E-state index in [1.54, 1.807) is 7.11 Å². The van der Waals surface area contributed by atoms with Crippen LogP contribution in [-0.4, -0.2) is 33.7 Å². The van der Waals surface area contributed by atoms with Crippen molar-refractivity contribution in [2.75, 3.05) is 33.7 Å². The summed E-state index contributed by atoms with van der Waals surface area (Å²) in [4.78, 5) is 0. The number of nitrogens with one attached hydrogen (secondary N) is 1. The summed E-state index contributed by atoms with van der Waals surface area (Å²) in [6.45, 7) is 5.36. The molecule has 1 aliphatic heterocycles. The van der Waals surface area contributed by atoms with Crippen LogP contribution in [-0.2, 0) is 11.3 Å². The summed E-state index contributed by atoms with van der Waals surface area (Å²) in [5.41, 5.74) is 1.09. The molecule has 0 aliphatic carbocycles. The Hall–Kier alpha value is -1.46. The van der Waals surface area contributed by atoms with Crippen molar-refractivity contribution < 1.29 is 18.9 Å². The second-order valence-corrected chi connectivity index (χ2v) is 4.29. The average molecular weight is 267 g/mol. The Morgan fingerprint density at radius 3 is 2.74 bits per heavy atom. The molecule has 0 saturated carbocycles. The third kappa shape index (κ3) is 3.75. The Bertz CT molecular complexity index is 409. The van der Waals surface area contributed by atoms with Crippen LogP contribution >= 0.6 is 0 Å². The van der Waals surface area contributed by atoms with Crippen molar-refractivity contribution in [1.82, 2.24) is 5.32 Å². The molecule has 0 saturated heterocycles. The minimum absolute atomic E-state index is 0.281. The van der Waals surface area contributed by atoms with Gasteiger partial charge in [0, 0.05) is 38.3 Å². The first-order valence-electron chi connectivity index (χ1n) is 6.60. The summed E-state index contributed by atoms with van der Waals surface area (Å²) in [5.74, 6) is 2.39. The lowest BCUT2D eigenvalue weighted by Crippen LogP contribution is -2.13. The Labute approximate surface area is 113 Å². The molecule has 0 unspecified atom stereocenters. The highest BCUT2D eigenvalue weighted by atomic mass is 16.7. The molecule has 0 atom stereocenters. The zero-order valence-corrected chi connectivity index (χ0v) is 11.5. The first kappa shape index (κ1) is 14.0. The van der Waals surface area contributed by atoms with Crippen LogP contribution in [0.15, 0.2) is 12.1 Å². The maximum absolute atomic E-state index is 5.81. The molecular formula is C14H21NO4. The van der Waals surface area contributed by atoms with Crippen molar-refractivity contribution in [3.63, 3.8) is 0 Å². The third-order valence-corrected chi connectivity index (χ3v) is 2.87. The molecule has 19 heavy (non-hydrogen) atoms. The first-order valence-corrected chi connectivity index (χ1v) is 6.60. The zero-order valence-electron chi connectivity index (χ0n) is 11.5. The number of hydrogen-bond acceptors (Lipinski definition) is 5. The average Bonchev–Trinajstić information content (AvgIpc) is 2.88. The Morgan fingerprint density at radius 1 is 1.21 bits per heavy atom. The summed E-state index contributed by atoms with van der Waals surface area (Å²) in [5, 5.41) is 3.30. The molecule has 5 nitrogen and oxygen atoms in total. The largest absolute Gasteiger partial charge is 0.493 e. The number of rotatable bonds is 8. The van der Waals surface area contributed by atoms with Gasteiger partial charge in [-0.05, 0) is 12.6 Å². The summed E-state index contributed by atoms with van der Waals surface area (Å²) in [6, 6.07) is 3.89. The number of hydrogen-bond donors (Lipinski definition) is 1. The van der Waals surface area contributed by atoms with Crippen molar-refractivity contribution in [3.8, 4) is 17.2 Å². The maximum atomic E-state index is 5.81. The summed E-state index contributed by atoms with van der Waals surface area (Å²) in [6.07, 6.45) is 0.867. The van der Waals surface area contributed by atoms with Crippen LogP contribution in [0.25, 0.3) is 0 Å². The molecule has 1 heterocycles.